The molecule has 2 atom stereocenters. The molecule has 1 heterocycles. The van der Waals surface area contributed by atoms with Gasteiger partial charge in [-0.15, -0.1) is 0 Å². The highest BCUT2D eigenvalue weighted by molar-refractivity contribution is 5.95. The molecule has 0 radical (unpaired) electrons. The predicted molar refractivity (Wildman–Crippen MR) is 183 cm³/mol. The first-order valence-electron chi connectivity index (χ1n) is 16.7. The predicted octanol–water partition coefficient (Wildman–Crippen LogP) is 5.92. The van der Waals surface area contributed by atoms with Gasteiger partial charge in [0.1, 0.15) is 5.60 Å². The van der Waals surface area contributed by atoms with Gasteiger partial charge in [-0.1, -0.05) is 30.3 Å². The molecule has 1 fully saturated rings. The zero-order valence-electron chi connectivity index (χ0n) is 29.8. The zero-order valence-corrected chi connectivity index (χ0v) is 29.8. The zero-order chi connectivity index (χ0) is 34.7. The van der Waals surface area contributed by atoms with Crippen LogP contribution >= 0.6 is 0 Å². The summed E-state index contributed by atoms with van der Waals surface area (Å²) in [7, 11) is 3.21. The summed E-state index contributed by atoms with van der Waals surface area (Å²) in [6.07, 6.45) is 0.620. The fraction of sp³-hybridized carbons (Fsp3) is 0.595. The molecule has 1 aliphatic heterocycles. The Morgan fingerprint density at radius 3 is 2.02 bits per heavy atom. The number of hydrogen-bond donors (Lipinski definition) is 0. The number of nitrogens with zero attached hydrogens (tertiary/aromatic N) is 3. The lowest BCUT2D eigenvalue weighted by molar-refractivity contribution is -0.133. The van der Waals surface area contributed by atoms with Gasteiger partial charge in [0.15, 0.2) is 11.5 Å². The van der Waals surface area contributed by atoms with E-state index >= 15 is 0 Å². The first-order valence-corrected chi connectivity index (χ1v) is 16.7. The highest BCUT2D eigenvalue weighted by atomic mass is 16.6. The Hall–Kier alpha value is -3.79. The average Bonchev–Trinajstić information content (AvgIpc) is 3.42. The third kappa shape index (κ3) is 11.2. The highest BCUT2D eigenvalue weighted by Gasteiger charge is 2.41. The Morgan fingerprint density at radius 1 is 0.851 bits per heavy atom. The number of rotatable bonds is 15. The van der Waals surface area contributed by atoms with Crippen LogP contribution in [-0.4, -0.2) is 104 Å². The topological polar surface area (TPSA) is 97.9 Å². The Bertz CT molecular complexity index is 1310. The molecule has 2 aromatic rings. The van der Waals surface area contributed by atoms with Crippen LogP contribution in [0.5, 0.6) is 11.5 Å². The van der Waals surface area contributed by atoms with Gasteiger partial charge in [-0.05, 0) is 72.2 Å². The van der Waals surface area contributed by atoms with Gasteiger partial charge >= 0.3 is 6.09 Å². The lowest BCUT2D eigenvalue weighted by atomic mass is 9.93. The summed E-state index contributed by atoms with van der Waals surface area (Å²) in [4.78, 5) is 46.4. The molecule has 1 saturated heterocycles. The third-order valence-corrected chi connectivity index (χ3v) is 8.28. The van der Waals surface area contributed by atoms with Gasteiger partial charge in [-0.25, -0.2) is 4.79 Å². The summed E-state index contributed by atoms with van der Waals surface area (Å²) in [6, 6.07) is 14.8. The van der Waals surface area contributed by atoms with Crippen LogP contribution < -0.4 is 9.47 Å². The van der Waals surface area contributed by atoms with Crippen LogP contribution in [0.1, 0.15) is 70.8 Å². The molecule has 3 rings (SSSR count). The van der Waals surface area contributed by atoms with Crippen LogP contribution in [0.3, 0.4) is 0 Å². The molecule has 47 heavy (non-hydrogen) atoms. The molecule has 10 nitrogen and oxygen atoms in total. The summed E-state index contributed by atoms with van der Waals surface area (Å²) >= 11 is 0. The Labute approximate surface area is 281 Å². The van der Waals surface area contributed by atoms with E-state index in [0.717, 1.165) is 5.56 Å². The maximum atomic E-state index is 14.1. The van der Waals surface area contributed by atoms with Crippen LogP contribution in [0.4, 0.5) is 4.79 Å². The molecule has 260 valence electrons. The van der Waals surface area contributed by atoms with E-state index in [1.807, 2.05) is 88.6 Å². The largest absolute Gasteiger partial charge is 0.493 e. The highest BCUT2D eigenvalue weighted by Crippen LogP contribution is 2.32. The van der Waals surface area contributed by atoms with E-state index in [4.69, 9.17) is 18.9 Å². The number of likely N-dealkylation sites (tertiary alicyclic amines) is 1. The smallest absolute Gasteiger partial charge is 0.410 e. The number of carbonyl (C=O) groups is 3. The molecule has 0 bridgehead atoms. The molecule has 0 aromatic heterocycles. The quantitative estimate of drug-likeness (QED) is 0.220. The van der Waals surface area contributed by atoms with Crippen molar-refractivity contribution >= 4 is 17.9 Å². The maximum Gasteiger partial charge on any atom is 0.410 e. The monoisotopic (exact) mass is 653 g/mol. The van der Waals surface area contributed by atoms with Gasteiger partial charge in [-0.3, -0.25) is 9.59 Å². The number of ether oxygens (including phenoxy) is 4. The molecule has 10 heteroatoms. The second kappa shape index (κ2) is 17.4. The van der Waals surface area contributed by atoms with Crippen molar-refractivity contribution in [3.05, 3.63) is 59.7 Å². The molecule has 0 saturated carbocycles. The minimum absolute atomic E-state index is 0.0353. The summed E-state index contributed by atoms with van der Waals surface area (Å²) in [6.45, 7) is 16.3. The van der Waals surface area contributed by atoms with Crippen molar-refractivity contribution in [2.75, 3.05) is 53.6 Å². The van der Waals surface area contributed by atoms with Crippen molar-refractivity contribution in [2.45, 2.75) is 79.0 Å². The summed E-state index contributed by atoms with van der Waals surface area (Å²) in [5.41, 5.74) is 0.805. The number of methoxy groups -OCH3 is 2. The Kier molecular flexibility index (Phi) is 13.9. The van der Waals surface area contributed by atoms with Gasteiger partial charge in [0.25, 0.3) is 5.91 Å². The van der Waals surface area contributed by atoms with Crippen molar-refractivity contribution in [3.63, 3.8) is 0 Å². The summed E-state index contributed by atoms with van der Waals surface area (Å²) < 4.78 is 22.3. The number of hydrogen-bond acceptors (Lipinski definition) is 7. The van der Waals surface area contributed by atoms with Gasteiger partial charge < -0.3 is 33.6 Å². The molecule has 0 aliphatic carbocycles. The first kappa shape index (κ1) is 37.7. The minimum atomic E-state index is -0.641. The number of amides is 3. The second-order valence-electron chi connectivity index (χ2n) is 13.8. The van der Waals surface area contributed by atoms with E-state index in [2.05, 4.69) is 0 Å². The summed E-state index contributed by atoms with van der Waals surface area (Å²) in [5.74, 6) is 0.802. The molecule has 1 aliphatic rings. The van der Waals surface area contributed by atoms with Crippen molar-refractivity contribution in [1.29, 1.82) is 0 Å². The number of carbonyl (C=O) groups excluding carboxylic acids is 3. The fourth-order valence-electron chi connectivity index (χ4n) is 5.81. The van der Waals surface area contributed by atoms with Crippen LogP contribution in [0.2, 0.25) is 0 Å². The van der Waals surface area contributed by atoms with Gasteiger partial charge in [0.2, 0.25) is 5.91 Å². The lowest BCUT2D eigenvalue weighted by Crippen LogP contribution is -2.46. The van der Waals surface area contributed by atoms with Crippen molar-refractivity contribution in [1.82, 2.24) is 14.7 Å². The van der Waals surface area contributed by atoms with E-state index in [9.17, 15) is 14.4 Å². The van der Waals surface area contributed by atoms with Gasteiger partial charge in [0, 0.05) is 75.8 Å². The SMILES string of the molecule is COCCCOc1cc(C(=O)N(C[C@H]2CN(C(=O)OC(C)(C)C)C[C@H]2CN(C(=O)Cc2ccccc2)C(C)C)C(C)C)ccc1OC. The van der Waals surface area contributed by atoms with Crippen LogP contribution in [-0.2, 0) is 20.7 Å². The molecular weight excluding hydrogens is 598 g/mol. The summed E-state index contributed by atoms with van der Waals surface area (Å²) in [5, 5.41) is 0. The maximum absolute atomic E-state index is 14.1. The molecule has 2 aromatic carbocycles. The van der Waals surface area contributed by atoms with E-state index in [0.29, 0.717) is 69.3 Å². The van der Waals surface area contributed by atoms with Crippen molar-refractivity contribution in [3.8, 4) is 11.5 Å². The van der Waals surface area contributed by atoms with E-state index in [-0.39, 0.29) is 41.8 Å². The standard InChI is InChI=1S/C37H55N3O7/c1-26(2)39(34(41)20-28-14-11-10-12-15-28)24-30-22-38(36(43)47-37(5,6)7)23-31(30)25-40(27(3)4)35(42)29-16-17-32(45-9)33(21-29)46-19-13-18-44-8/h10-12,14-17,21,26-27,30-31H,13,18-20,22-25H2,1-9H3/t30-,31+/m0/s1. The van der Waals surface area contributed by atoms with Crippen LogP contribution in [0.25, 0.3) is 0 Å². The van der Waals surface area contributed by atoms with Crippen LogP contribution in [0.15, 0.2) is 48.5 Å². The van der Waals surface area contributed by atoms with Crippen molar-refractivity contribution in [2.24, 2.45) is 11.8 Å². The first-order chi connectivity index (χ1) is 22.2. The fourth-order valence-corrected chi connectivity index (χ4v) is 5.81. The Balaban J connectivity index is 1.87. The average molecular weight is 654 g/mol. The second-order valence-corrected chi connectivity index (χ2v) is 13.8. The van der Waals surface area contributed by atoms with E-state index in [1.54, 1.807) is 37.3 Å². The molecule has 0 unspecified atom stereocenters. The normalized spacial score (nSPS) is 16.4. The van der Waals surface area contributed by atoms with Crippen LogP contribution in [0, 0.1) is 11.8 Å². The molecule has 0 N–H and O–H groups in total. The lowest BCUT2D eigenvalue weighted by Gasteiger charge is -2.34. The minimum Gasteiger partial charge on any atom is -0.493 e. The molecular formula is C37H55N3O7. The van der Waals surface area contributed by atoms with Gasteiger partial charge in [-0.2, -0.15) is 0 Å². The molecule has 0 spiro atoms. The van der Waals surface area contributed by atoms with E-state index < -0.39 is 5.60 Å². The Morgan fingerprint density at radius 2 is 1.47 bits per heavy atom. The number of benzene rings is 2. The molecule has 3 amide bonds. The van der Waals surface area contributed by atoms with E-state index in [1.165, 1.54) is 0 Å². The third-order valence-electron chi connectivity index (χ3n) is 8.28. The van der Waals surface area contributed by atoms with Gasteiger partial charge in [0.05, 0.1) is 20.1 Å². The van der Waals surface area contributed by atoms with Crippen molar-refractivity contribution < 1.29 is 33.3 Å².